The molecule has 0 bridgehead atoms. The van der Waals surface area contributed by atoms with Crippen molar-refractivity contribution in [3.8, 4) is 0 Å². The van der Waals surface area contributed by atoms with Gasteiger partial charge in [0, 0.05) is 25.9 Å². The zero-order chi connectivity index (χ0) is 94.1. The maximum Gasteiger partial charge on any atom is 0.326 e. The summed E-state index contributed by atoms with van der Waals surface area (Å²) in [5.41, 5.74) is 17.3. The van der Waals surface area contributed by atoms with Crippen molar-refractivity contribution in [2.75, 3.05) is 52.5 Å². The van der Waals surface area contributed by atoms with Crippen LogP contribution < -0.4 is 91.6 Å². The van der Waals surface area contributed by atoms with Crippen LogP contribution in [0.25, 0.3) is 0 Å². The molecule has 16 amide bonds. The van der Waals surface area contributed by atoms with Crippen molar-refractivity contribution >= 4 is 118 Å². The summed E-state index contributed by atoms with van der Waals surface area (Å²) in [5, 5.41) is 103. The Balaban J connectivity index is 2.29. The Morgan fingerprint density at radius 3 is 1.17 bits per heavy atom. The molecule has 46 heteroatoms. The van der Waals surface area contributed by atoms with Gasteiger partial charge in [-0.25, -0.2) is 4.79 Å². The van der Waals surface area contributed by atoms with Crippen molar-refractivity contribution in [3.63, 3.8) is 0 Å². The van der Waals surface area contributed by atoms with Crippen LogP contribution in [-0.2, 0) is 95.9 Å². The largest absolute Gasteiger partial charge is 0.481 e. The molecule has 46 nitrogen and oxygen atoms in total. The molecular formula is C78H133N19O27. The highest BCUT2D eigenvalue weighted by atomic mass is 16.4. The van der Waals surface area contributed by atoms with E-state index in [0.717, 1.165) is 11.8 Å². The van der Waals surface area contributed by atoms with Crippen molar-refractivity contribution in [2.45, 2.75) is 288 Å². The number of amides is 16. The average Bonchev–Trinajstić information content (AvgIpc) is 1.63. The van der Waals surface area contributed by atoms with Gasteiger partial charge in [-0.05, 0) is 139 Å². The lowest BCUT2D eigenvalue weighted by Gasteiger charge is -2.32. The van der Waals surface area contributed by atoms with E-state index in [1.54, 1.807) is 41.5 Å². The number of carboxylic acid groups (broad SMARTS) is 4. The fourth-order valence-corrected chi connectivity index (χ4v) is 13.5. The summed E-state index contributed by atoms with van der Waals surface area (Å²) in [6.45, 7) is 14.3. The van der Waals surface area contributed by atoms with Crippen LogP contribution in [0.4, 0.5) is 0 Å². The number of rotatable bonds is 58. The molecule has 702 valence electrons. The van der Waals surface area contributed by atoms with Gasteiger partial charge in [0.15, 0.2) is 0 Å². The number of aliphatic hydroxyl groups excluding tert-OH is 3. The molecule has 27 N–H and O–H groups in total. The topological polar surface area (TPSA) is 736 Å². The predicted octanol–water partition coefficient (Wildman–Crippen LogP) is -7.29. The molecule has 16 atom stereocenters. The molecule has 0 aromatic heterocycles. The van der Waals surface area contributed by atoms with Gasteiger partial charge in [-0.15, -0.1) is 0 Å². The van der Waals surface area contributed by atoms with Gasteiger partial charge in [-0.3, -0.25) is 91.1 Å². The van der Waals surface area contributed by atoms with E-state index < -0.39 is 291 Å². The lowest BCUT2D eigenvalue weighted by Crippen LogP contribution is -2.63. The van der Waals surface area contributed by atoms with E-state index in [1.165, 1.54) is 32.6 Å². The van der Waals surface area contributed by atoms with Crippen LogP contribution in [0.3, 0.4) is 0 Å². The fraction of sp³-hybridized carbons (Fsp3) is 0.744. The zero-order valence-corrected chi connectivity index (χ0v) is 72.4. The smallest absolute Gasteiger partial charge is 0.326 e. The highest BCUT2D eigenvalue weighted by molar-refractivity contribution is 6.02. The van der Waals surface area contributed by atoms with Gasteiger partial charge >= 0.3 is 23.9 Å². The first kappa shape index (κ1) is 109. The average molecular weight is 1770 g/mol. The SMILES string of the molecule is CC(C)C[C@H](NC(=O)[C@H](CC(=O)O)NC(=O)[C@@H]1CCCN1C(=O)[C@H](CC(C)C)NC(=O)[C@H](CCCCN)NC(=O)[C@H](CO)NC(=O)[C@@H](N)CCCCN)C(=O)N[C@H](C(=O)N[C@H](C(=O)N[C@H](C(=O)N[C@@H](CO)C(=O)N[C@@H](CC(C)C)C(=O)N1CCC[C@H]1C(=O)NCC(=O)NCC(=O)N[C@@H](CCC(=O)O)C(=O)N[C@@H](CCC(=O)O)C(=O)O)C(C)C)[C@@H](C)O)C(C)C. The maximum atomic E-state index is 14.6. The van der Waals surface area contributed by atoms with Crippen molar-refractivity contribution in [3.05, 3.63) is 0 Å². The number of nitrogens with zero attached hydrogens (tertiary/aromatic N) is 2. The maximum absolute atomic E-state index is 14.6. The van der Waals surface area contributed by atoms with E-state index in [-0.39, 0.29) is 89.3 Å². The van der Waals surface area contributed by atoms with E-state index in [9.17, 15) is 127 Å². The van der Waals surface area contributed by atoms with Crippen LogP contribution in [0, 0.1) is 29.6 Å². The first-order chi connectivity index (χ1) is 58.1. The molecule has 2 fully saturated rings. The highest BCUT2D eigenvalue weighted by Gasteiger charge is 2.44. The molecule has 124 heavy (non-hydrogen) atoms. The molecule has 2 rings (SSSR count). The molecule has 2 aliphatic heterocycles. The van der Waals surface area contributed by atoms with E-state index in [2.05, 4.69) is 69.1 Å². The Morgan fingerprint density at radius 2 is 0.726 bits per heavy atom. The third-order valence-corrected chi connectivity index (χ3v) is 20.2. The number of nitrogens with one attached hydrogen (secondary N) is 14. The van der Waals surface area contributed by atoms with Crippen LogP contribution in [-0.4, -0.2) is 313 Å². The number of unbranched alkanes of at least 4 members (excludes halogenated alkanes) is 2. The Bertz CT molecular complexity index is 3660. The summed E-state index contributed by atoms with van der Waals surface area (Å²) in [6, 6.07) is -22.8. The molecule has 0 aromatic carbocycles. The van der Waals surface area contributed by atoms with Crippen LogP contribution in [0.1, 0.15) is 192 Å². The van der Waals surface area contributed by atoms with Gasteiger partial charge < -0.3 is 137 Å². The molecule has 0 unspecified atom stereocenters. The number of carbonyl (C=O) groups is 20. The minimum atomic E-state index is -1.90. The third kappa shape index (κ3) is 38.5. The van der Waals surface area contributed by atoms with Crippen molar-refractivity contribution < 1.29 is 132 Å². The summed E-state index contributed by atoms with van der Waals surface area (Å²) in [6.07, 6.45) is -2.69. The summed E-state index contributed by atoms with van der Waals surface area (Å²) < 4.78 is 0. The van der Waals surface area contributed by atoms with E-state index in [4.69, 9.17) is 22.3 Å². The van der Waals surface area contributed by atoms with Crippen molar-refractivity contribution in [2.24, 2.45) is 46.8 Å². The number of aliphatic carboxylic acids is 4. The minimum Gasteiger partial charge on any atom is -0.481 e. The van der Waals surface area contributed by atoms with Gasteiger partial charge in [0.25, 0.3) is 0 Å². The number of likely N-dealkylation sites (tertiary alicyclic amines) is 2. The number of carbonyl (C=O) groups excluding carboxylic acids is 16. The number of carboxylic acids is 4. The Kier molecular flexibility index (Phi) is 48.8. The first-order valence-electron chi connectivity index (χ1n) is 41.9. The van der Waals surface area contributed by atoms with Gasteiger partial charge in [0.1, 0.15) is 84.6 Å². The molecule has 0 aliphatic carbocycles. The predicted molar refractivity (Wildman–Crippen MR) is 440 cm³/mol. The van der Waals surface area contributed by atoms with E-state index in [1.807, 2.05) is 5.32 Å². The Morgan fingerprint density at radius 1 is 0.363 bits per heavy atom. The van der Waals surface area contributed by atoms with Gasteiger partial charge in [-0.1, -0.05) is 75.7 Å². The van der Waals surface area contributed by atoms with Crippen LogP contribution >= 0.6 is 0 Å². The monoisotopic (exact) mass is 1770 g/mol. The molecule has 0 radical (unpaired) electrons. The van der Waals surface area contributed by atoms with Crippen LogP contribution in [0.5, 0.6) is 0 Å². The quantitative estimate of drug-likeness (QED) is 0.0252. The Hall–Kier alpha value is -10.8. The lowest BCUT2D eigenvalue weighted by atomic mass is 9.98. The first-order valence-corrected chi connectivity index (χ1v) is 41.9. The zero-order valence-electron chi connectivity index (χ0n) is 72.4. The van der Waals surface area contributed by atoms with Gasteiger partial charge in [0.05, 0.1) is 44.9 Å². The molecular weight excluding hydrogens is 1630 g/mol. The summed E-state index contributed by atoms with van der Waals surface area (Å²) in [5.74, 6) is -24.1. The number of nitrogens with two attached hydrogens (primary N) is 3. The second kappa shape index (κ2) is 55.4. The number of aliphatic hydroxyl groups is 3. The second-order valence-electron chi connectivity index (χ2n) is 32.9. The van der Waals surface area contributed by atoms with E-state index in [0.29, 0.717) is 32.2 Å². The molecule has 2 aliphatic rings. The molecule has 2 saturated heterocycles. The second-order valence-corrected chi connectivity index (χ2v) is 32.9. The standard InChI is InChI=1S/C78H133N19O27/c1-38(2)30-48(87-67(112)49(33-60(107)108)88-72(117)55-21-17-29-97(55)77(122)50(31-39(3)4)89-65(110)45(19-13-15-27-80)85-69(114)52(36-98)91-64(109)44(81)18-12-14-26-79)68(113)93-62(42(9)10)74(119)95-63(43(11)100)75(120)94-61(41(7)8)73(118)92-53(37-99)70(115)90-51(32-40(5)6)76(121)96-28-16-20-54(96)71(116)83-34-56(101)82-35-57(102)84-46(22-24-58(103)104)66(111)86-47(78(123)124)23-25-59(105)106/h38-55,61-63,98-100H,12-37,79-81H2,1-11H3,(H,82,101)(H,83,116)(H,84,102)(H,85,114)(H,86,111)(H,87,112)(H,88,117)(H,89,110)(H,90,115)(H,91,109)(H,92,118)(H,93,113)(H,94,120)(H,95,119)(H,103,104)(H,105,106)(H,107,108)(H,123,124)/t43-,44+,45+,46+,47+,48+,49+,50+,51+,52+,53+,54+,55+,61+,62+,63+/m1/s1. The number of hydrogen-bond donors (Lipinski definition) is 24. The molecule has 0 saturated carbocycles. The van der Waals surface area contributed by atoms with Gasteiger partial charge in [0.2, 0.25) is 94.5 Å². The number of hydrogen-bond acceptors (Lipinski definition) is 26. The normalized spacial score (nSPS) is 17.2. The van der Waals surface area contributed by atoms with Crippen molar-refractivity contribution in [1.29, 1.82) is 0 Å². The summed E-state index contributed by atoms with van der Waals surface area (Å²) >= 11 is 0. The van der Waals surface area contributed by atoms with Crippen molar-refractivity contribution in [1.82, 2.24) is 84.2 Å². The lowest BCUT2D eigenvalue weighted by molar-refractivity contribution is -0.144. The fourth-order valence-electron chi connectivity index (χ4n) is 13.5. The molecule has 0 aromatic rings. The molecule has 2 heterocycles. The van der Waals surface area contributed by atoms with Gasteiger partial charge in [-0.2, -0.15) is 0 Å². The van der Waals surface area contributed by atoms with Crippen LogP contribution in [0.15, 0.2) is 0 Å². The minimum absolute atomic E-state index is 0.00599. The third-order valence-electron chi connectivity index (χ3n) is 20.2. The highest BCUT2D eigenvalue weighted by Crippen LogP contribution is 2.24. The summed E-state index contributed by atoms with van der Waals surface area (Å²) in [7, 11) is 0. The summed E-state index contributed by atoms with van der Waals surface area (Å²) in [4.78, 5) is 270. The molecule has 0 spiro atoms. The van der Waals surface area contributed by atoms with E-state index >= 15 is 0 Å². The van der Waals surface area contributed by atoms with Crippen LogP contribution in [0.2, 0.25) is 0 Å². The Labute approximate surface area is 719 Å².